The molecule has 0 saturated heterocycles. The second-order valence-corrected chi connectivity index (χ2v) is 4.63. The van der Waals surface area contributed by atoms with Gasteiger partial charge in [-0.15, -0.1) is 0 Å². The number of carbonyl (C=O) groups excluding carboxylic acids is 2. The standard InChI is InChI=1S/C12H23NO3/c1-9(2)6-7-11(14)13(4)8-10(3)12(15)16-5/h9-10H,6-8H2,1-5H3. The number of hydrogen-bond acceptors (Lipinski definition) is 3. The van der Waals surface area contributed by atoms with Crippen LogP contribution in [0.1, 0.15) is 33.6 Å². The van der Waals surface area contributed by atoms with Gasteiger partial charge in [0.1, 0.15) is 0 Å². The highest BCUT2D eigenvalue weighted by Gasteiger charge is 2.18. The predicted octanol–water partition coefficient (Wildman–Crippen LogP) is 1.69. The van der Waals surface area contributed by atoms with Crippen molar-refractivity contribution in [3.05, 3.63) is 0 Å². The summed E-state index contributed by atoms with van der Waals surface area (Å²) in [6, 6.07) is 0. The van der Waals surface area contributed by atoms with E-state index in [1.807, 2.05) is 0 Å². The Bertz CT molecular complexity index is 238. The lowest BCUT2D eigenvalue weighted by Gasteiger charge is -2.20. The quantitative estimate of drug-likeness (QED) is 0.651. The maximum atomic E-state index is 11.7. The number of methoxy groups -OCH3 is 1. The van der Waals surface area contributed by atoms with Crippen molar-refractivity contribution in [2.24, 2.45) is 11.8 Å². The Labute approximate surface area is 98.0 Å². The van der Waals surface area contributed by atoms with Gasteiger partial charge in [-0.25, -0.2) is 0 Å². The van der Waals surface area contributed by atoms with Crippen molar-refractivity contribution in [3.63, 3.8) is 0 Å². The zero-order chi connectivity index (χ0) is 12.7. The fourth-order valence-electron chi connectivity index (χ4n) is 1.39. The number of carbonyl (C=O) groups is 2. The molecule has 0 aliphatic carbocycles. The summed E-state index contributed by atoms with van der Waals surface area (Å²) in [7, 11) is 3.08. The van der Waals surface area contributed by atoms with E-state index < -0.39 is 0 Å². The molecule has 1 unspecified atom stereocenters. The van der Waals surface area contributed by atoms with Crippen LogP contribution in [-0.2, 0) is 14.3 Å². The van der Waals surface area contributed by atoms with Crippen molar-refractivity contribution < 1.29 is 14.3 Å². The molecular weight excluding hydrogens is 206 g/mol. The van der Waals surface area contributed by atoms with Crippen LogP contribution < -0.4 is 0 Å². The smallest absolute Gasteiger partial charge is 0.310 e. The Kier molecular flexibility index (Phi) is 6.77. The molecule has 0 fully saturated rings. The van der Waals surface area contributed by atoms with Crippen molar-refractivity contribution in [3.8, 4) is 0 Å². The molecule has 0 aromatic rings. The summed E-state index contributed by atoms with van der Waals surface area (Å²) in [6.07, 6.45) is 1.43. The number of nitrogens with zero attached hydrogens (tertiary/aromatic N) is 1. The zero-order valence-corrected chi connectivity index (χ0v) is 10.9. The minimum Gasteiger partial charge on any atom is -0.469 e. The molecule has 0 aromatic carbocycles. The van der Waals surface area contributed by atoms with Gasteiger partial charge in [0.05, 0.1) is 13.0 Å². The van der Waals surface area contributed by atoms with Gasteiger partial charge >= 0.3 is 5.97 Å². The third-order valence-corrected chi connectivity index (χ3v) is 2.51. The molecule has 0 bridgehead atoms. The predicted molar refractivity (Wildman–Crippen MR) is 62.9 cm³/mol. The molecule has 4 nitrogen and oxygen atoms in total. The van der Waals surface area contributed by atoms with Gasteiger partial charge in [-0.05, 0) is 12.3 Å². The van der Waals surface area contributed by atoms with E-state index in [0.717, 1.165) is 6.42 Å². The third kappa shape index (κ3) is 5.73. The average molecular weight is 229 g/mol. The van der Waals surface area contributed by atoms with Gasteiger partial charge in [-0.3, -0.25) is 9.59 Å². The Morgan fingerprint density at radius 3 is 2.25 bits per heavy atom. The van der Waals surface area contributed by atoms with Crippen LogP contribution >= 0.6 is 0 Å². The normalized spacial score (nSPS) is 12.4. The van der Waals surface area contributed by atoms with Crippen LogP contribution in [0.25, 0.3) is 0 Å². The van der Waals surface area contributed by atoms with Gasteiger partial charge < -0.3 is 9.64 Å². The largest absolute Gasteiger partial charge is 0.469 e. The van der Waals surface area contributed by atoms with Crippen LogP contribution in [0.3, 0.4) is 0 Å². The minimum absolute atomic E-state index is 0.0875. The van der Waals surface area contributed by atoms with Gasteiger partial charge in [0.15, 0.2) is 0 Å². The molecule has 0 aliphatic heterocycles. The first-order valence-corrected chi connectivity index (χ1v) is 5.70. The molecular formula is C12H23NO3. The fraction of sp³-hybridized carbons (Fsp3) is 0.833. The zero-order valence-electron chi connectivity index (χ0n) is 10.9. The molecule has 4 heteroatoms. The van der Waals surface area contributed by atoms with E-state index in [0.29, 0.717) is 18.9 Å². The monoisotopic (exact) mass is 229 g/mol. The molecule has 16 heavy (non-hydrogen) atoms. The number of ether oxygens (including phenoxy) is 1. The molecule has 1 atom stereocenters. The van der Waals surface area contributed by atoms with Crippen molar-refractivity contribution >= 4 is 11.9 Å². The first-order valence-electron chi connectivity index (χ1n) is 5.70. The second-order valence-electron chi connectivity index (χ2n) is 4.63. The van der Waals surface area contributed by atoms with Crippen LogP contribution in [-0.4, -0.2) is 37.5 Å². The molecule has 0 spiro atoms. The lowest BCUT2D eigenvalue weighted by atomic mass is 10.1. The molecule has 0 aromatic heterocycles. The lowest BCUT2D eigenvalue weighted by molar-refractivity contribution is -0.146. The summed E-state index contributed by atoms with van der Waals surface area (Å²) >= 11 is 0. The summed E-state index contributed by atoms with van der Waals surface area (Å²) in [6.45, 7) is 6.36. The van der Waals surface area contributed by atoms with E-state index in [1.165, 1.54) is 7.11 Å². The van der Waals surface area contributed by atoms with E-state index in [9.17, 15) is 9.59 Å². The fourth-order valence-corrected chi connectivity index (χ4v) is 1.39. The van der Waals surface area contributed by atoms with Crippen molar-refractivity contribution in [1.29, 1.82) is 0 Å². The number of esters is 1. The Morgan fingerprint density at radius 2 is 1.81 bits per heavy atom. The summed E-state index contributed by atoms with van der Waals surface area (Å²) in [4.78, 5) is 24.4. The average Bonchev–Trinajstić information content (AvgIpc) is 2.24. The molecule has 0 N–H and O–H groups in total. The summed E-state index contributed by atoms with van der Waals surface area (Å²) < 4.78 is 4.61. The molecule has 0 rings (SSSR count). The lowest BCUT2D eigenvalue weighted by Crippen LogP contribution is -2.34. The van der Waals surface area contributed by atoms with E-state index >= 15 is 0 Å². The van der Waals surface area contributed by atoms with Gasteiger partial charge in [0.25, 0.3) is 0 Å². The highest BCUT2D eigenvalue weighted by Crippen LogP contribution is 2.07. The van der Waals surface area contributed by atoms with Gasteiger partial charge in [-0.1, -0.05) is 20.8 Å². The van der Waals surface area contributed by atoms with Crippen molar-refractivity contribution in [1.82, 2.24) is 4.90 Å². The van der Waals surface area contributed by atoms with Gasteiger partial charge in [-0.2, -0.15) is 0 Å². The van der Waals surface area contributed by atoms with Gasteiger partial charge in [0.2, 0.25) is 5.91 Å². The molecule has 0 aliphatic rings. The van der Waals surface area contributed by atoms with Crippen LogP contribution in [0.4, 0.5) is 0 Å². The molecule has 94 valence electrons. The molecule has 0 saturated carbocycles. The highest BCUT2D eigenvalue weighted by atomic mass is 16.5. The van der Waals surface area contributed by atoms with Gasteiger partial charge in [0, 0.05) is 20.0 Å². The summed E-state index contributed by atoms with van der Waals surface area (Å²) in [5.74, 6) is 0.0707. The van der Waals surface area contributed by atoms with E-state index in [-0.39, 0.29) is 17.8 Å². The number of hydrogen-bond donors (Lipinski definition) is 0. The number of amides is 1. The Morgan fingerprint density at radius 1 is 1.25 bits per heavy atom. The summed E-state index contributed by atoms with van der Waals surface area (Å²) in [5, 5.41) is 0. The topological polar surface area (TPSA) is 46.6 Å². The Hall–Kier alpha value is -1.06. The van der Waals surface area contributed by atoms with E-state index in [1.54, 1.807) is 18.9 Å². The maximum Gasteiger partial charge on any atom is 0.310 e. The minimum atomic E-state index is -0.275. The Balaban J connectivity index is 4.00. The van der Waals surface area contributed by atoms with Crippen molar-refractivity contribution in [2.45, 2.75) is 33.6 Å². The molecule has 1 amide bonds. The van der Waals surface area contributed by atoms with Crippen LogP contribution in [0.2, 0.25) is 0 Å². The highest BCUT2D eigenvalue weighted by molar-refractivity contribution is 5.77. The molecule has 0 heterocycles. The summed E-state index contributed by atoms with van der Waals surface area (Å²) in [5.41, 5.74) is 0. The first kappa shape index (κ1) is 14.9. The van der Waals surface area contributed by atoms with Crippen LogP contribution in [0.15, 0.2) is 0 Å². The van der Waals surface area contributed by atoms with E-state index in [2.05, 4.69) is 18.6 Å². The van der Waals surface area contributed by atoms with Crippen LogP contribution in [0.5, 0.6) is 0 Å². The first-order chi connectivity index (χ1) is 7.38. The number of rotatable bonds is 6. The molecule has 0 radical (unpaired) electrons. The maximum absolute atomic E-state index is 11.7. The third-order valence-electron chi connectivity index (χ3n) is 2.51. The van der Waals surface area contributed by atoms with Crippen LogP contribution in [0, 0.1) is 11.8 Å². The second kappa shape index (κ2) is 7.25. The van der Waals surface area contributed by atoms with Crippen molar-refractivity contribution in [2.75, 3.05) is 20.7 Å². The SMILES string of the molecule is COC(=O)C(C)CN(C)C(=O)CCC(C)C. The van der Waals surface area contributed by atoms with E-state index in [4.69, 9.17) is 0 Å².